The summed E-state index contributed by atoms with van der Waals surface area (Å²) < 4.78 is 1.80. The third-order valence-corrected chi connectivity index (χ3v) is 7.64. The number of aromatic nitrogens is 1. The lowest BCUT2D eigenvalue weighted by Crippen LogP contribution is -2.36. The first-order valence-electron chi connectivity index (χ1n) is 13.0. The van der Waals surface area contributed by atoms with Crippen LogP contribution in [0.15, 0.2) is 47.0 Å². The first kappa shape index (κ1) is 25.0. The van der Waals surface area contributed by atoms with E-state index in [4.69, 9.17) is 10.8 Å². The normalized spacial score (nSPS) is 17.0. The summed E-state index contributed by atoms with van der Waals surface area (Å²) in [6.45, 7) is 6.29. The number of amidine groups is 1. The molecular weight excluding hydrogens is 434 g/mol. The highest BCUT2D eigenvalue weighted by molar-refractivity contribution is 5.94. The average molecular weight is 474 g/mol. The van der Waals surface area contributed by atoms with Gasteiger partial charge in [0.1, 0.15) is 11.5 Å². The van der Waals surface area contributed by atoms with Gasteiger partial charge in [-0.3, -0.25) is 20.2 Å². The average Bonchev–Trinajstić information content (AvgIpc) is 3.67. The highest BCUT2D eigenvalue weighted by Gasteiger charge is 2.33. The second-order valence-electron chi connectivity index (χ2n) is 10.0. The van der Waals surface area contributed by atoms with E-state index in [1.54, 1.807) is 16.5 Å². The molecule has 2 aliphatic carbocycles. The quantitative estimate of drug-likeness (QED) is 0.271. The van der Waals surface area contributed by atoms with Gasteiger partial charge in [-0.05, 0) is 86.1 Å². The molecule has 1 unspecified atom stereocenters. The molecule has 2 aliphatic rings. The third kappa shape index (κ3) is 5.12. The van der Waals surface area contributed by atoms with Crippen LogP contribution in [-0.4, -0.2) is 28.7 Å². The van der Waals surface area contributed by atoms with Crippen LogP contribution in [-0.2, 0) is 0 Å². The highest BCUT2D eigenvalue weighted by atomic mass is 16.1. The van der Waals surface area contributed by atoms with Gasteiger partial charge in [-0.1, -0.05) is 38.5 Å². The van der Waals surface area contributed by atoms with Crippen molar-refractivity contribution >= 4 is 17.9 Å². The molecule has 2 aromatic rings. The predicted octanol–water partition coefficient (Wildman–Crippen LogP) is 6.54. The Morgan fingerprint density at radius 3 is 2.57 bits per heavy atom. The van der Waals surface area contributed by atoms with E-state index in [0.29, 0.717) is 23.4 Å². The Bertz CT molecular complexity index is 1190. The molecule has 35 heavy (non-hydrogen) atoms. The van der Waals surface area contributed by atoms with E-state index in [2.05, 4.69) is 44.3 Å². The van der Waals surface area contributed by atoms with Crippen molar-refractivity contribution in [3.63, 3.8) is 0 Å². The number of rotatable bonds is 10. The molecule has 0 bridgehead atoms. The minimum absolute atomic E-state index is 0.0358. The number of hydrogen-bond acceptors (Lipinski definition) is 4. The van der Waals surface area contributed by atoms with Crippen molar-refractivity contribution in [3.05, 3.63) is 69.3 Å². The standard InChI is InChI=1S/C29H39N5O/c1-5-9-23(6-2)32-27-19(3)25(20-14-15-20)17-34(29(27)35)24-13-8-12-22(16-24)26(21-10-7-11-21)28(31)33(4)18-30/h8-9,12-13,16-18,20-21,26,30-32H,5-7,10-11,14-15H2,1-4H3/b23-9+,30-18?,31-28?. The molecule has 1 aromatic heterocycles. The second kappa shape index (κ2) is 10.6. The van der Waals surface area contributed by atoms with Gasteiger partial charge in [0.15, 0.2) is 0 Å². The first-order valence-corrected chi connectivity index (χ1v) is 13.0. The first-order chi connectivity index (χ1) is 16.9. The van der Waals surface area contributed by atoms with Gasteiger partial charge in [-0.2, -0.15) is 0 Å². The molecule has 6 heteroatoms. The zero-order valence-electron chi connectivity index (χ0n) is 21.5. The fourth-order valence-corrected chi connectivity index (χ4v) is 5.14. The van der Waals surface area contributed by atoms with Gasteiger partial charge in [0.25, 0.3) is 5.56 Å². The molecule has 2 fully saturated rings. The molecule has 0 saturated heterocycles. The summed E-state index contributed by atoms with van der Waals surface area (Å²) in [5, 5.41) is 19.9. The van der Waals surface area contributed by atoms with Gasteiger partial charge in [-0.15, -0.1) is 0 Å². The molecule has 186 valence electrons. The number of benzene rings is 1. The van der Waals surface area contributed by atoms with E-state index in [0.717, 1.165) is 48.2 Å². The van der Waals surface area contributed by atoms with Crippen molar-refractivity contribution in [3.8, 4) is 5.69 Å². The van der Waals surface area contributed by atoms with Crippen LogP contribution in [0, 0.1) is 23.7 Å². The Morgan fingerprint density at radius 2 is 2.00 bits per heavy atom. The maximum absolute atomic E-state index is 13.8. The van der Waals surface area contributed by atoms with Gasteiger partial charge in [-0.25, -0.2) is 0 Å². The zero-order chi connectivity index (χ0) is 25.1. The van der Waals surface area contributed by atoms with Crippen LogP contribution in [0.3, 0.4) is 0 Å². The van der Waals surface area contributed by atoms with Crippen molar-refractivity contribution < 1.29 is 0 Å². The summed E-state index contributed by atoms with van der Waals surface area (Å²) in [7, 11) is 1.77. The number of pyridine rings is 1. The molecule has 0 amide bonds. The minimum Gasteiger partial charge on any atom is -0.355 e. The highest BCUT2D eigenvalue weighted by Crippen LogP contribution is 2.43. The van der Waals surface area contributed by atoms with Crippen molar-refractivity contribution in [1.29, 1.82) is 10.8 Å². The monoisotopic (exact) mass is 473 g/mol. The van der Waals surface area contributed by atoms with Gasteiger partial charge in [0.2, 0.25) is 0 Å². The Kier molecular flexibility index (Phi) is 7.58. The number of nitrogens with one attached hydrogen (secondary N) is 3. The van der Waals surface area contributed by atoms with Crippen LogP contribution in [0.2, 0.25) is 0 Å². The summed E-state index contributed by atoms with van der Waals surface area (Å²) in [6.07, 6.45) is 12.9. The Balaban J connectivity index is 1.81. The molecule has 1 atom stereocenters. The van der Waals surface area contributed by atoms with Gasteiger partial charge in [0, 0.05) is 30.5 Å². The summed E-state index contributed by atoms with van der Waals surface area (Å²) in [6, 6.07) is 8.14. The van der Waals surface area contributed by atoms with Crippen LogP contribution >= 0.6 is 0 Å². The molecule has 0 radical (unpaired) electrons. The summed E-state index contributed by atoms with van der Waals surface area (Å²) in [5.41, 5.74) is 5.90. The van der Waals surface area contributed by atoms with Crippen LogP contribution in [0.4, 0.5) is 5.69 Å². The van der Waals surface area contributed by atoms with Crippen molar-refractivity contribution in [2.75, 3.05) is 12.4 Å². The van der Waals surface area contributed by atoms with E-state index in [1.807, 2.05) is 18.3 Å². The van der Waals surface area contributed by atoms with E-state index in [1.165, 1.54) is 31.2 Å². The van der Waals surface area contributed by atoms with E-state index < -0.39 is 0 Å². The second-order valence-corrected chi connectivity index (χ2v) is 10.0. The molecule has 4 rings (SSSR count). The van der Waals surface area contributed by atoms with Gasteiger partial charge < -0.3 is 10.2 Å². The lowest BCUT2D eigenvalue weighted by molar-refractivity contribution is 0.291. The number of anilines is 1. The van der Waals surface area contributed by atoms with Crippen LogP contribution in [0.1, 0.15) is 87.3 Å². The van der Waals surface area contributed by atoms with Crippen molar-refractivity contribution in [2.24, 2.45) is 5.92 Å². The minimum atomic E-state index is -0.0730. The number of hydrogen-bond donors (Lipinski definition) is 3. The van der Waals surface area contributed by atoms with E-state index in [9.17, 15) is 4.79 Å². The summed E-state index contributed by atoms with van der Waals surface area (Å²) in [5.74, 6) is 1.29. The molecule has 6 nitrogen and oxygen atoms in total. The van der Waals surface area contributed by atoms with Crippen LogP contribution in [0.25, 0.3) is 5.69 Å². The maximum atomic E-state index is 13.8. The van der Waals surface area contributed by atoms with Gasteiger partial charge in [0.05, 0.1) is 6.34 Å². The summed E-state index contributed by atoms with van der Waals surface area (Å²) in [4.78, 5) is 15.4. The number of allylic oxidation sites excluding steroid dienone is 2. The Hall–Kier alpha value is -3.15. The van der Waals surface area contributed by atoms with Crippen LogP contribution < -0.4 is 10.9 Å². The molecule has 0 spiro atoms. The topological polar surface area (TPSA) is 85.0 Å². The molecule has 3 N–H and O–H groups in total. The number of nitrogens with zero attached hydrogens (tertiary/aromatic N) is 2. The fourth-order valence-electron chi connectivity index (χ4n) is 5.14. The Morgan fingerprint density at radius 1 is 1.26 bits per heavy atom. The van der Waals surface area contributed by atoms with Gasteiger partial charge >= 0.3 is 0 Å². The molecule has 2 saturated carbocycles. The smallest absolute Gasteiger partial charge is 0.279 e. The SMILES string of the molecule is CC/C=C(\CC)Nc1c(C)c(C2CC2)cn(-c2cccc(C(C(=N)N(C)C=N)C3CCC3)c2)c1=O. The van der Waals surface area contributed by atoms with E-state index >= 15 is 0 Å². The summed E-state index contributed by atoms with van der Waals surface area (Å²) >= 11 is 0. The fraction of sp³-hybridized carbons (Fsp3) is 0.483. The van der Waals surface area contributed by atoms with Crippen molar-refractivity contribution in [2.45, 2.75) is 77.6 Å². The van der Waals surface area contributed by atoms with Crippen LogP contribution in [0.5, 0.6) is 0 Å². The lowest BCUT2D eigenvalue weighted by atomic mass is 9.72. The largest absolute Gasteiger partial charge is 0.355 e. The van der Waals surface area contributed by atoms with Crippen molar-refractivity contribution in [1.82, 2.24) is 9.47 Å². The zero-order valence-corrected chi connectivity index (χ0v) is 21.5. The third-order valence-electron chi connectivity index (χ3n) is 7.64. The Labute approximate surface area is 209 Å². The molecule has 1 aromatic carbocycles. The lowest BCUT2D eigenvalue weighted by Gasteiger charge is -2.36. The molecule has 1 heterocycles. The van der Waals surface area contributed by atoms with E-state index in [-0.39, 0.29) is 11.5 Å². The predicted molar refractivity (Wildman–Crippen MR) is 145 cm³/mol. The number of likely N-dealkylation sites (N-methyl/N-ethyl adjacent to an activating group) is 1. The molecular formula is C29H39N5O. The maximum Gasteiger partial charge on any atom is 0.279 e. The molecule has 0 aliphatic heterocycles.